The summed E-state index contributed by atoms with van der Waals surface area (Å²) in [4.78, 5) is 42.8. The van der Waals surface area contributed by atoms with Crippen molar-refractivity contribution in [3.8, 4) is 11.5 Å². The van der Waals surface area contributed by atoms with Gasteiger partial charge in [0.1, 0.15) is 17.3 Å². The molecule has 33 heavy (non-hydrogen) atoms. The lowest BCUT2D eigenvalue weighted by Crippen LogP contribution is -2.29. The highest BCUT2D eigenvalue weighted by atomic mass is 16.5. The Bertz CT molecular complexity index is 1250. The molecule has 1 atom stereocenters. The number of aliphatic hydroxyl groups is 1. The van der Waals surface area contributed by atoms with Crippen molar-refractivity contribution in [1.29, 1.82) is 0 Å². The molecule has 2 aromatic carbocycles. The number of amides is 1. The minimum Gasteiger partial charge on any atom is -0.507 e. The van der Waals surface area contributed by atoms with E-state index in [1.54, 1.807) is 60.7 Å². The van der Waals surface area contributed by atoms with Crippen molar-refractivity contribution >= 4 is 29.1 Å². The number of hydrogen-bond donors (Lipinski definition) is 1. The normalized spacial score (nSPS) is 17.2. The summed E-state index contributed by atoms with van der Waals surface area (Å²) in [6.45, 7) is 1.29. The van der Waals surface area contributed by atoms with E-state index in [0.29, 0.717) is 28.3 Å². The fourth-order valence-corrected chi connectivity index (χ4v) is 3.72. The highest BCUT2D eigenvalue weighted by molar-refractivity contribution is 6.51. The van der Waals surface area contributed by atoms with E-state index in [1.165, 1.54) is 31.3 Å². The van der Waals surface area contributed by atoms with Crippen LogP contribution in [0.25, 0.3) is 5.76 Å². The van der Waals surface area contributed by atoms with Gasteiger partial charge in [-0.3, -0.25) is 24.3 Å². The summed E-state index contributed by atoms with van der Waals surface area (Å²) in [5.74, 6) is -1.56. The van der Waals surface area contributed by atoms with Gasteiger partial charge in [0, 0.05) is 36.6 Å². The van der Waals surface area contributed by atoms with E-state index in [2.05, 4.69) is 4.98 Å². The molecule has 1 aliphatic heterocycles. The molecule has 2 heterocycles. The number of anilines is 1. The molecular weight excluding hydrogens is 424 g/mol. The van der Waals surface area contributed by atoms with Crippen molar-refractivity contribution < 1.29 is 29.0 Å². The monoisotopic (exact) mass is 444 g/mol. The first kappa shape index (κ1) is 21.8. The lowest BCUT2D eigenvalue weighted by Gasteiger charge is -2.26. The number of carbonyl (C=O) groups excluding carboxylic acids is 3. The number of Topliss-reactive ketones (excluding diaryl/α,β-unsaturated/α-hetero) is 1. The van der Waals surface area contributed by atoms with E-state index in [0.717, 1.165) is 0 Å². The van der Waals surface area contributed by atoms with Gasteiger partial charge in [0.15, 0.2) is 0 Å². The van der Waals surface area contributed by atoms with Crippen LogP contribution in [0.5, 0.6) is 11.5 Å². The van der Waals surface area contributed by atoms with E-state index in [1.807, 2.05) is 0 Å². The molecule has 0 spiro atoms. The summed E-state index contributed by atoms with van der Waals surface area (Å²) in [5, 5.41) is 11.0. The van der Waals surface area contributed by atoms with Crippen LogP contribution in [0.2, 0.25) is 0 Å². The van der Waals surface area contributed by atoms with Gasteiger partial charge in [-0.25, -0.2) is 0 Å². The molecule has 0 bridgehead atoms. The second kappa shape index (κ2) is 8.96. The zero-order chi connectivity index (χ0) is 23.5. The number of methoxy groups -OCH3 is 1. The van der Waals surface area contributed by atoms with Gasteiger partial charge in [-0.2, -0.15) is 0 Å². The van der Waals surface area contributed by atoms with Crippen molar-refractivity contribution in [2.45, 2.75) is 13.0 Å². The Morgan fingerprint density at radius 1 is 1.00 bits per heavy atom. The van der Waals surface area contributed by atoms with Crippen LogP contribution in [0.1, 0.15) is 24.1 Å². The number of esters is 1. The number of hydrogen-bond acceptors (Lipinski definition) is 7. The smallest absolute Gasteiger partial charge is 0.308 e. The van der Waals surface area contributed by atoms with Gasteiger partial charge in [0.25, 0.3) is 11.7 Å². The number of nitrogens with zero attached hydrogens (tertiary/aromatic N) is 2. The lowest BCUT2D eigenvalue weighted by molar-refractivity contribution is -0.132. The molecular formula is C25H20N2O6. The van der Waals surface area contributed by atoms with Crippen LogP contribution in [0, 0.1) is 0 Å². The Morgan fingerprint density at radius 2 is 1.70 bits per heavy atom. The van der Waals surface area contributed by atoms with Gasteiger partial charge >= 0.3 is 5.97 Å². The molecule has 0 saturated carbocycles. The van der Waals surface area contributed by atoms with E-state index in [9.17, 15) is 19.5 Å². The number of ether oxygens (including phenoxy) is 2. The van der Waals surface area contributed by atoms with Gasteiger partial charge in [-0.15, -0.1) is 0 Å². The van der Waals surface area contributed by atoms with Crippen LogP contribution in [-0.4, -0.2) is 34.9 Å². The first-order valence-electron chi connectivity index (χ1n) is 10.0. The van der Waals surface area contributed by atoms with Crippen LogP contribution in [-0.2, 0) is 14.4 Å². The SMILES string of the molecule is COc1cccc(N2C(=O)C(=O)/C(=C(/O)c3ccncc3)C2c2ccc(OC(C)=O)cc2)c1. The van der Waals surface area contributed by atoms with Gasteiger partial charge in [-0.05, 0) is 42.0 Å². The maximum atomic E-state index is 13.2. The molecule has 8 nitrogen and oxygen atoms in total. The molecule has 1 unspecified atom stereocenters. The Kier molecular flexibility index (Phi) is 5.91. The zero-order valence-corrected chi connectivity index (χ0v) is 17.9. The number of aromatic nitrogens is 1. The van der Waals surface area contributed by atoms with Crippen LogP contribution >= 0.6 is 0 Å². The van der Waals surface area contributed by atoms with Gasteiger partial charge in [-0.1, -0.05) is 18.2 Å². The molecule has 8 heteroatoms. The van der Waals surface area contributed by atoms with Gasteiger partial charge < -0.3 is 14.6 Å². The van der Waals surface area contributed by atoms with Crippen molar-refractivity contribution in [3.63, 3.8) is 0 Å². The first-order chi connectivity index (χ1) is 15.9. The number of benzene rings is 2. The molecule has 1 N–H and O–H groups in total. The van der Waals surface area contributed by atoms with Crippen molar-refractivity contribution in [2.24, 2.45) is 0 Å². The predicted molar refractivity (Wildman–Crippen MR) is 120 cm³/mol. The molecule has 4 rings (SSSR count). The molecule has 1 amide bonds. The Balaban J connectivity index is 1.90. The van der Waals surface area contributed by atoms with E-state index in [4.69, 9.17) is 9.47 Å². The highest BCUT2D eigenvalue weighted by Crippen LogP contribution is 2.43. The summed E-state index contributed by atoms with van der Waals surface area (Å²) >= 11 is 0. The molecule has 0 radical (unpaired) electrons. The maximum Gasteiger partial charge on any atom is 0.308 e. The summed E-state index contributed by atoms with van der Waals surface area (Å²) in [6.07, 6.45) is 2.96. The molecule has 1 saturated heterocycles. The minimum absolute atomic E-state index is 0.0609. The molecule has 1 aliphatic rings. The van der Waals surface area contributed by atoms with Crippen molar-refractivity contribution in [3.05, 3.63) is 89.8 Å². The fourth-order valence-electron chi connectivity index (χ4n) is 3.72. The average Bonchev–Trinajstić information content (AvgIpc) is 3.09. The second-order valence-corrected chi connectivity index (χ2v) is 7.27. The largest absolute Gasteiger partial charge is 0.507 e. The van der Waals surface area contributed by atoms with Crippen LogP contribution in [0.3, 0.4) is 0 Å². The number of aliphatic hydroxyl groups excluding tert-OH is 1. The molecule has 1 aromatic heterocycles. The summed E-state index contributed by atoms with van der Waals surface area (Å²) in [7, 11) is 1.50. The number of pyridine rings is 1. The third-order valence-electron chi connectivity index (χ3n) is 5.19. The fraction of sp³-hybridized carbons (Fsp3) is 0.120. The molecule has 3 aromatic rings. The highest BCUT2D eigenvalue weighted by Gasteiger charge is 2.47. The van der Waals surface area contributed by atoms with Crippen LogP contribution < -0.4 is 14.4 Å². The Hall–Kier alpha value is -4.46. The number of ketones is 1. The predicted octanol–water partition coefficient (Wildman–Crippen LogP) is 3.64. The summed E-state index contributed by atoms with van der Waals surface area (Å²) in [5.41, 5.74) is 1.27. The van der Waals surface area contributed by atoms with Gasteiger partial charge in [0.2, 0.25) is 0 Å². The van der Waals surface area contributed by atoms with Crippen molar-refractivity contribution in [2.75, 3.05) is 12.0 Å². The number of carbonyl (C=O) groups is 3. The van der Waals surface area contributed by atoms with Crippen LogP contribution in [0.4, 0.5) is 5.69 Å². The number of rotatable bonds is 5. The minimum atomic E-state index is -0.920. The standard InChI is InChI=1S/C25H20N2O6/c1-15(28)33-19-8-6-16(7-9-19)22-21(23(29)17-10-12-26-13-11-17)24(30)25(31)27(22)18-4-3-5-20(14-18)32-2/h3-14,22,29H,1-2H3/b23-21+. The Labute approximate surface area is 189 Å². The van der Waals surface area contributed by atoms with Crippen LogP contribution in [0.15, 0.2) is 78.6 Å². The molecule has 1 fully saturated rings. The average molecular weight is 444 g/mol. The third-order valence-corrected chi connectivity index (χ3v) is 5.19. The first-order valence-corrected chi connectivity index (χ1v) is 10.0. The topological polar surface area (TPSA) is 106 Å². The zero-order valence-electron chi connectivity index (χ0n) is 17.9. The van der Waals surface area contributed by atoms with Gasteiger partial charge in [0.05, 0.1) is 18.7 Å². The quantitative estimate of drug-likeness (QED) is 0.211. The summed E-state index contributed by atoms with van der Waals surface area (Å²) < 4.78 is 10.4. The van der Waals surface area contributed by atoms with E-state index < -0.39 is 23.7 Å². The van der Waals surface area contributed by atoms with E-state index in [-0.39, 0.29) is 11.3 Å². The van der Waals surface area contributed by atoms with E-state index >= 15 is 0 Å². The third kappa shape index (κ3) is 4.18. The molecule has 0 aliphatic carbocycles. The summed E-state index contributed by atoms with van der Waals surface area (Å²) in [6, 6.07) is 15.3. The van der Waals surface area contributed by atoms with Crippen molar-refractivity contribution in [1.82, 2.24) is 4.98 Å². The maximum absolute atomic E-state index is 13.2. The Morgan fingerprint density at radius 3 is 2.33 bits per heavy atom. The second-order valence-electron chi connectivity index (χ2n) is 7.27. The molecule has 166 valence electrons. The lowest BCUT2D eigenvalue weighted by atomic mass is 9.95.